The van der Waals surface area contributed by atoms with Crippen LogP contribution < -0.4 is 5.32 Å². The van der Waals surface area contributed by atoms with Crippen LogP contribution in [0.2, 0.25) is 0 Å². The fraction of sp³-hybridized carbons (Fsp3) is 0.800. The van der Waals surface area contributed by atoms with Crippen LogP contribution in [0.25, 0.3) is 0 Å². The van der Waals surface area contributed by atoms with Crippen molar-refractivity contribution < 1.29 is 9.53 Å². The van der Waals surface area contributed by atoms with Gasteiger partial charge in [0, 0.05) is 50.9 Å². The van der Waals surface area contributed by atoms with Crippen molar-refractivity contribution >= 4 is 5.91 Å². The summed E-state index contributed by atoms with van der Waals surface area (Å²) in [5.74, 6) is 0.563. The number of amides is 1. The summed E-state index contributed by atoms with van der Waals surface area (Å²) in [6.45, 7) is 3.63. The molecule has 2 atom stereocenters. The Labute approximate surface area is 155 Å². The number of aryl methyl sites for hydroxylation is 1. The molecule has 2 saturated heterocycles. The fourth-order valence-corrected chi connectivity index (χ4v) is 5.61. The molecule has 1 amide bonds. The van der Waals surface area contributed by atoms with Crippen molar-refractivity contribution in [1.82, 2.24) is 20.0 Å². The Morgan fingerprint density at radius 2 is 2.15 bits per heavy atom. The first-order valence-electron chi connectivity index (χ1n) is 10.2. The van der Waals surface area contributed by atoms with Gasteiger partial charge < -0.3 is 10.1 Å². The largest absolute Gasteiger partial charge is 0.367 e. The minimum absolute atomic E-state index is 0.0304. The lowest BCUT2D eigenvalue weighted by molar-refractivity contribution is -0.140. The zero-order valence-electron chi connectivity index (χ0n) is 15.7. The number of likely N-dealkylation sites (tertiary alicyclic amines) is 1. The maximum Gasteiger partial charge on any atom is 0.223 e. The van der Waals surface area contributed by atoms with E-state index >= 15 is 0 Å². The number of carbonyl (C=O) groups is 1. The van der Waals surface area contributed by atoms with Gasteiger partial charge in [0.2, 0.25) is 5.91 Å². The molecule has 0 bridgehead atoms. The van der Waals surface area contributed by atoms with Gasteiger partial charge in [0.25, 0.3) is 0 Å². The molecule has 2 aliphatic heterocycles. The number of rotatable bonds is 5. The van der Waals surface area contributed by atoms with Gasteiger partial charge in [-0.2, -0.15) is 5.10 Å². The highest BCUT2D eigenvalue weighted by atomic mass is 16.5. The molecule has 2 aliphatic carbocycles. The summed E-state index contributed by atoms with van der Waals surface area (Å²) < 4.78 is 8.21. The summed E-state index contributed by atoms with van der Waals surface area (Å²) in [5, 5.41) is 7.45. The van der Waals surface area contributed by atoms with Gasteiger partial charge in [0.05, 0.1) is 17.9 Å². The SMILES string of the molecule is Cn1cc(CN2CC3(CCC(CNC(=O)C4CCCC45CC5)O3)C2)cn1. The summed E-state index contributed by atoms with van der Waals surface area (Å²) in [7, 11) is 1.96. The first kappa shape index (κ1) is 16.8. The Hall–Kier alpha value is -1.40. The number of ether oxygens (including phenoxy) is 1. The van der Waals surface area contributed by atoms with Crippen molar-refractivity contribution in [3.05, 3.63) is 18.0 Å². The summed E-state index contributed by atoms with van der Waals surface area (Å²) in [4.78, 5) is 15.0. The van der Waals surface area contributed by atoms with E-state index in [0.29, 0.717) is 12.0 Å². The normalized spacial score (nSPS) is 31.4. The average Bonchev–Trinajstić information content (AvgIpc) is 2.93. The lowest BCUT2D eigenvalue weighted by Crippen LogP contribution is -2.61. The number of hydrogen-bond donors (Lipinski definition) is 1. The van der Waals surface area contributed by atoms with Crippen molar-refractivity contribution in [3.8, 4) is 0 Å². The molecule has 0 aromatic carbocycles. The zero-order chi connectivity index (χ0) is 17.8. The van der Waals surface area contributed by atoms with Gasteiger partial charge in [0.15, 0.2) is 0 Å². The van der Waals surface area contributed by atoms with Gasteiger partial charge in [-0.1, -0.05) is 6.42 Å². The van der Waals surface area contributed by atoms with Crippen LogP contribution in [0.15, 0.2) is 12.4 Å². The highest BCUT2D eigenvalue weighted by molar-refractivity contribution is 5.80. The molecule has 2 unspecified atom stereocenters. The Morgan fingerprint density at radius 1 is 1.31 bits per heavy atom. The number of aromatic nitrogens is 2. The molecule has 3 heterocycles. The quantitative estimate of drug-likeness (QED) is 0.873. The predicted octanol–water partition coefficient (Wildman–Crippen LogP) is 1.85. The summed E-state index contributed by atoms with van der Waals surface area (Å²) >= 11 is 0. The molecule has 6 nitrogen and oxygen atoms in total. The second-order valence-corrected chi connectivity index (χ2v) is 9.18. The predicted molar refractivity (Wildman–Crippen MR) is 97.3 cm³/mol. The van der Waals surface area contributed by atoms with Crippen molar-refractivity contribution in [1.29, 1.82) is 0 Å². The van der Waals surface area contributed by atoms with E-state index in [4.69, 9.17) is 4.74 Å². The van der Waals surface area contributed by atoms with Crippen LogP contribution in [0.4, 0.5) is 0 Å². The van der Waals surface area contributed by atoms with Gasteiger partial charge in [-0.3, -0.25) is 14.4 Å². The minimum atomic E-state index is 0.0304. The van der Waals surface area contributed by atoms with E-state index in [1.165, 1.54) is 31.2 Å². The van der Waals surface area contributed by atoms with E-state index in [9.17, 15) is 4.79 Å². The molecule has 6 heteroatoms. The molecule has 142 valence electrons. The van der Waals surface area contributed by atoms with Crippen molar-refractivity contribution in [2.75, 3.05) is 19.6 Å². The molecule has 4 fully saturated rings. The summed E-state index contributed by atoms with van der Waals surface area (Å²) in [5.41, 5.74) is 1.68. The number of carbonyl (C=O) groups excluding carboxylic acids is 1. The standard InChI is InChI=1S/C20H30N4O2/c1-23-11-15(9-22-23)12-24-13-20(14-24)6-4-16(26-20)10-21-18(25)17-3-2-5-19(17)7-8-19/h9,11,16-17H,2-8,10,12-14H2,1H3,(H,21,25). The Kier molecular flexibility index (Phi) is 3.90. The minimum Gasteiger partial charge on any atom is -0.367 e. The molecule has 26 heavy (non-hydrogen) atoms. The Bertz CT molecular complexity index is 690. The second-order valence-electron chi connectivity index (χ2n) is 9.18. The molecule has 2 saturated carbocycles. The van der Waals surface area contributed by atoms with Crippen LogP contribution in [-0.2, 0) is 23.1 Å². The maximum atomic E-state index is 12.6. The highest BCUT2D eigenvalue weighted by Gasteiger charge is 2.55. The molecule has 2 spiro atoms. The van der Waals surface area contributed by atoms with Gasteiger partial charge in [-0.25, -0.2) is 0 Å². The zero-order valence-corrected chi connectivity index (χ0v) is 15.7. The second kappa shape index (κ2) is 6.06. The van der Waals surface area contributed by atoms with Crippen molar-refractivity contribution in [2.45, 2.75) is 63.2 Å². The van der Waals surface area contributed by atoms with Gasteiger partial charge in [0.1, 0.15) is 0 Å². The molecule has 4 aliphatic rings. The first-order chi connectivity index (χ1) is 12.6. The molecular weight excluding hydrogens is 328 g/mol. The van der Waals surface area contributed by atoms with Crippen LogP contribution in [-0.4, -0.2) is 51.9 Å². The molecule has 1 aromatic heterocycles. The number of hydrogen-bond acceptors (Lipinski definition) is 4. The average molecular weight is 358 g/mol. The highest BCUT2D eigenvalue weighted by Crippen LogP contribution is 2.61. The van der Waals surface area contributed by atoms with Crippen LogP contribution in [0.3, 0.4) is 0 Å². The maximum absolute atomic E-state index is 12.6. The smallest absolute Gasteiger partial charge is 0.223 e. The molecule has 5 rings (SSSR count). The Balaban J connectivity index is 1.07. The van der Waals surface area contributed by atoms with E-state index in [0.717, 1.165) is 38.9 Å². The number of nitrogens with one attached hydrogen (secondary N) is 1. The van der Waals surface area contributed by atoms with E-state index in [1.807, 2.05) is 17.9 Å². The third-order valence-electron chi connectivity index (χ3n) is 7.15. The van der Waals surface area contributed by atoms with Crippen molar-refractivity contribution in [2.24, 2.45) is 18.4 Å². The van der Waals surface area contributed by atoms with E-state index in [2.05, 4.69) is 21.5 Å². The lowest BCUT2D eigenvalue weighted by Gasteiger charge is -2.47. The monoisotopic (exact) mass is 358 g/mol. The number of nitrogens with zero attached hydrogens (tertiary/aromatic N) is 3. The fourth-order valence-electron chi connectivity index (χ4n) is 5.61. The third kappa shape index (κ3) is 2.97. The summed E-state index contributed by atoms with van der Waals surface area (Å²) in [6.07, 6.45) is 12.5. The van der Waals surface area contributed by atoms with Crippen molar-refractivity contribution in [3.63, 3.8) is 0 Å². The van der Waals surface area contributed by atoms with E-state index in [-0.39, 0.29) is 23.5 Å². The van der Waals surface area contributed by atoms with Gasteiger partial charge >= 0.3 is 0 Å². The van der Waals surface area contributed by atoms with Crippen LogP contribution in [0.1, 0.15) is 50.5 Å². The molecule has 1 aromatic rings. The first-order valence-corrected chi connectivity index (χ1v) is 10.2. The molecular formula is C20H30N4O2. The molecule has 0 radical (unpaired) electrons. The van der Waals surface area contributed by atoms with Gasteiger partial charge in [-0.15, -0.1) is 0 Å². The third-order valence-corrected chi connectivity index (χ3v) is 7.15. The van der Waals surface area contributed by atoms with Crippen LogP contribution >= 0.6 is 0 Å². The lowest BCUT2D eigenvalue weighted by atomic mass is 9.90. The van der Waals surface area contributed by atoms with E-state index in [1.54, 1.807) is 0 Å². The van der Waals surface area contributed by atoms with Crippen LogP contribution in [0, 0.1) is 11.3 Å². The molecule has 1 N–H and O–H groups in total. The van der Waals surface area contributed by atoms with E-state index < -0.39 is 0 Å². The summed E-state index contributed by atoms with van der Waals surface area (Å²) in [6, 6.07) is 0. The topological polar surface area (TPSA) is 59.4 Å². The van der Waals surface area contributed by atoms with Crippen LogP contribution in [0.5, 0.6) is 0 Å². The van der Waals surface area contributed by atoms with Gasteiger partial charge in [-0.05, 0) is 43.9 Å². The Morgan fingerprint density at radius 3 is 2.88 bits per heavy atom.